The van der Waals surface area contributed by atoms with E-state index in [9.17, 15) is 4.39 Å². The second kappa shape index (κ2) is 9.38. The number of halogens is 2. The summed E-state index contributed by atoms with van der Waals surface area (Å²) in [6.45, 7) is 4.07. The van der Waals surface area contributed by atoms with Gasteiger partial charge >= 0.3 is 0 Å². The number of nitrogens with one attached hydrogen (secondary N) is 2. The molecule has 1 fully saturated rings. The normalized spacial score (nSPS) is 16.7. The van der Waals surface area contributed by atoms with Crippen molar-refractivity contribution in [2.45, 2.75) is 25.9 Å². The highest BCUT2D eigenvalue weighted by Crippen LogP contribution is 2.20. The molecule has 1 aliphatic rings. The quantitative estimate of drug-likeness (QED) is 0.322. The van der Waals surface area contributed by atoms with Gasteiger partial charge in [0.25, 0.3) is 0 Å². The Morgan fingerprint density at radius 1 is 1.31 bits per heavy atom. The molecule has 29 heavy (non-hydrogen) atoms. The van der Waals surface area contributed by atoms with Gasteiger partial charge in [0.2, 0.25) is 0 Å². The summed E-state index contributed by atoms with van der Waals surface area (Å²) in [7, 11) is 1.74. The van der Waals surface area contributed by atoms with Gasteiger partial charge in [-0.2, -0.15) is 0 Å². The number of hydrogen-bond donors (Lipinski definition) is 2. The molecule has 0 amide bonds. The van der Waals surface area contributed by atoms with Gasteiger partial charge in [0, 0.05) is 44.3 Å². The monoisotopic (exact) mass is 509 g/mol. The lowest BCUT2D eigenvalue weighted by Crippen LogP contribution is -2.44. The van der Waals surface area contributed by atoms with Crippen molar-refractivity contribution in [1.29, 1.82) is 0 Å². The number of anilines is 1. The Kier molecular flexibility index (Phi) is 6.88. The second-order valence-electron chi connectivity index (χ2n) is 6.94. The van der Waals surface area contributed by atoms with E-state index in [1.807, 2.05) is 23.2 Å². The van der Waals surface area contributed by atoms with Gasteiger partial charge in [-0.3, -0.25) is 4.99 Å². The number of nitrogens with zero attached hydrogens (tertiary/aromatic N) is 5. The highest BCUT2D eigenvalue weighted by atomic mass is 127. The van der Waals surface area contributed by atoms with Crippen LogP contribution in [0.2, 0.25) is 0 Å². The Hall–Kier alpha value is -2.43. The van der Waals surface area contributed by atoms with Crippen molar-refractivity contribution in [3.05, 3.63) is 59.9 Å². The lowest BCUT2D eigenvalue weighted by molar-refractivity contribution is 0.612. The molecule has 1 aliphatic heterocycles. The maximum absolute atomic E-state index is 14.0. The molecule has 3 aromatic heterocycles. The number of hydrogen-bond acceptors (Lipinski definition) is 4. The predicted molar refractivity (Wildman–Crippen MR) is 123 cm³/mol. The molecule has 1 unspecified atom stereocenters. The Morgan fingerprint density at radius 2 is 2.17 bits per heavy atom. The fourth-order valence-electron chi connectivity index (χ4n) is 3.53. The summed E-state index contributed by atoms with van der Waals surface area (Å²) in [6, 6.07) is 9.29. The van der Waals surface area contributed by atoms with Crippen LogP contribution in [0.1, 0.15) is 17.8 Å². The van der Waals surface area contributed by atoms with Gasteiger partial charge in [0.15, 0.2) is 17.6 Å². The molecule has 0 bridgehead atoms. The van der Waals surface area contributed by atoms with E-state index in [1.165, 1.54) is 6.07 Å². The molecule has 9 heteroatoms. The first kappa shape index (κ1) is 21.3. The van der Waals surface area contributed by atoms with Crippen LogP contribution in [-0.2, 0) is 6.54 Å². The van der Waals surface area contributed by atoms with Crippen LogP contribution in [0.15, 0.2) is 47.7 Å². The Bertz CT molecular complexity index is 1000. The third-order valence-corrected chi connectivity index (χ3v) is 4.97. The number of aryl methyl sites for hydroxylation is 1. The smallest absolute Gasteiger partial charge is 0.191 e. The molecule has 1 atom stereocenters. The average molecular weight is 509 g/mol. The van der Waals surface area contributed by atoms with Crippen LogP contribution < -0.4 is 15.5 Å². The lowest BCUT2D eigenvalue weighted by Gasteiger charge is -2.19. The first-order valence-electron chi connectivity index (χ1n) is 9.40. The minimum absolute atomic E-state index is 0. The third-order valence-electron chi connectivity index (χ3n) is 4.97. The van der Waals surface area contributed by atoms with Gasteiger partial charge in [0.1, 0.15) is 5.65 Å². The Labute approximate surface area is 186 Å². The molecule has 154 valence electrons. The summed E-state index contributed by atoms with van der Waals surface area (Å²) in [5.74, 6) is 0.838. The first-order valence-corrected chi connectivity index (χ1v) is 9.40. The molecule has 7 nitrogen and oxygen atoms in total. The topological polar surface area (TPSA) is 69.8 Å². The maximum atomic E-state index is 14.0. The summed E-state index contributed by atoms with van der Waals surface area (Å²) >= 11 is 0. The Morgan fingerprint density at radius 3 is 2.93 bits per heavy atom. The van der Waals surface area contributed by atoms with Crippen molar-refractivity contribution in [2.24, 2.45) is 4.99 Å². The van der Waals surface area contributed by atoms with Crippen molar-refractivity contribution in [2.75, 3.05) is 25.0 Å². The fraction of sp³-hybridized carbons (Fsp3) is 0.350. The molecule has 0 aromatic carbocycles. The summed E-state index contributed by atoms with van der Waals surface area (Å²) in [4.78, 5) is 15.1. The standard InChI is InChI=1S/C20H24FN7.HI/c1-14-5-3-7-18-25-16(13-28(14)18)11-24-20(22-2)26-15-8-10-27(12-15)19-17(21)6-4-9-23-19;/h3-7,9,13,15H,8,10-12H2,1-2H3,(H2,22,24,26);1H. The van der Waals surface area contributed by atoms with E-state index in [4.69, 9.17) is 0 Å². The molecular formula is C20H25FIN7. The summed E-state index contributed by atoms with van der Waals surface area (Å²) < 4.78 is 16.0. The van der Waals surface area contributed by atoms with Gasteiger partial charge in [-0.05, 0) is 37.6 Å². The number of fused-ring (bicyclic) bond motifs is 1. The number of aliphatic imine (C=N–C) groups is 1. The van der Waals surface area contributed by atoms with E-state index in [0.717, 1.165) is 30.0 Å². The second-order valence-corrected chi connectivity index (χ2v) is 6.94. The highest BCUT2D eigenvalue weighted by Gasteiger charge is 2.25. The van der Waals surface area contributed by atoms with Crippen LogP contribution >= 0.6 is 24.0 Å². The van der Waals surface area contributed by atoms with Crippen molar-refractivity contribution in [3.63, 3.8) is 0 Å². The maximum Gasteiger partial charge on any atom is 0.191 e. The van der Waals surface area contributed by atoms with Gasteiger partial charge in [-0.1, -0.05) is 6.07 Å². The Balaban J connectivity index is 0.00000240. The largest absolute Gasteiger partial charge is 0.352 e. The van der Waals surface area contributed by atoms with E-state index in [-0.39, 0.29) is 35.8 Å². The zero-order valence-corrected chi connectivity index (χ0v) is 18.8. The van der Waals surface area contributed by atoms with E-state index < -0.39 is 0 Å². The van der Waals surface area contributed by atoms with Crippen LogP contribution in [-0.4, -0.2) is 46.5 Å². The number of pyridine rings is 2. The molecule has 2 N–H and O–H groups in total. The number of rotatable bonds is 4. The van der Waals surface area contributed by atoms with Gasteiger partial charge in [0.05, 0.1) is 12.2 Å². The van der Waals surface area contributed by atoms with Crippen LogP contribution in [0.4, 0.5) is 10.2 Å². The minimum atomic E-state index is -0.284. The molecule has 4 heterocycles. The van der Waals surface area contributed by atoms with Gasteiger partial charge < -0.3 is 19.9 Å². The van der Waals surface area contributed by atoms with E-state index in [0.29, 0.717) is 24.9 Å². The van der Waals surface area contributed by atoms with Crippen LogP contribution in [0.25, 0.3) is 5.65 Å². The SMILES string of the molecule is CN=C(NCc1cn2c(C)cccc2n1)NC1CCN(c2ncccc2F)C1.I. The zero-order chi connectivity index (χ0) is 19.5. The van der Waals surface area contributed by atoms with Gasteiger partial charge in [-0.25, -0.2) is 14.4 Å². The molecule has 0 spiro atoms. The summed E-state index contributed by atoms with van der Waals surface area (Å²) in [6.07, 6.45) is 4.55. The van der Waals surface area contributed by atoms with Crippen LogP contribution in [0, 0.1) is 12.7 Å². The number of aromatic nitrogens is 3. The fourth-order valence-corrected chi connectivity index (χ4v) is 3.53. The van der Waals surface area contributed by atoms with Crippen LogP contribution in [0.5, 0.6) is 0 Å². The molecule has 1 saturated heterocycles. The first-order chi connectivity index (χ1) is 13.6. The molecular weight excluding hydrogens is 484 g/mol. The third kappa shape index (κ3) is 4.77. The highest BCUT2D eigenvalue weighted by molar-refractivity contribution is 14.0. The van der Waals surface area contributed by atoms with E-state index in [2.05, 4.69) is 43.0 Å². The molecule has 0 aliphatic carbocycles. The average Bonchev–Trinajstić information content (AvgIpc) is 3.33. The lowest BCUT2D eigenvalue weighted by atomic mass is 10.3. The van der Waals surface area contributed by atoms with Crippen LogP contribution in [0.3, 0.4) is 0 Å². The van der Waals surface area contributed by atoms with E-state index >= 15 is 0 Å². The predicted octanol–water partition coefficient (Wildman–Crippen LogP) is 2.74. The van der Waals surface area contributed by atoms with Crippen molar-refractivity contribution in [1.82, 2.24) is 25.0 Å². The van der Waals surface area contributed by atoms with Gasteiger partial charge in [-0.15, -0.1) is 24.0 Å². The molecule has 4 rings (SSSR count). The van der Waals surface area contributed by atoms with Crippen molar-refractivity contribution < 1.29 is 4.39 Å². The van der Waals surface area contributed by atoms with E-state index in [1.54, 1.807) is 19.3 Å². The van der Waals surface area contributed by atoms with Crippen molar-refractivity contribution >= 4 is 41.4 Å². The summed E-state index contributed by atoms with van der Waals surface area (Å²) in [5.41, 5.74) is 3.02. The summed E-state index contributed by atoms with van der Waals surface area (Å²) in [5, 5.41) is 6.73. The minimum Gasteiger partial charge on any atom is -0.352 e. The molecule has 0 saturated carbocycles. The number of imidazole rings is 1. The zero-order valence-electron chi connectivity index (χ0n) is 16.5. The number of guanidine groups is 1. The molecule has 3 aromatic rings. The van der Waals surface area contributed by atoms with Crippen molar-refractivity contribution in [3.8, 4) is 0 Å². The molecule has 0 radical (unpaired) electrons.